The van der Waals surface area contributed by atoms with Crippen molar-refractivity contribution in [1.29, 1.82) is 0 Å². The maximum atomic E-state index is 12.2. The SMILES string of the molecule is O=S(=O)(CCN1CCCC(O)C1)c1ccc(Br)cc1. The van der Waals surface area contributed by atoms with Crippen LogP contribution in [0.25, 0.3) is 0 Å². The summed E-state index contributed by atoms with van der Waals surface area (Å²) in [5.41, 5.74) is 0. The molecule has 1 atom stereocenters. The van der Waals surface area contributed by atoms with Gasteiger partial charge >= 0.3 is 0 Å². The van der Waals surface area contributed by atoms with Crippen LogP contribution in [0.2, 0.25) is 0 Å². The molecule has 0 amide bonds. The number of hydrogen-bond acceptors (Lipinski definition) is 4. The first-order valence-corrected chi connectivity index (χ1v) is 8.81. The van der Waals surface area contributed by atoms with Gasteiger partial charge in [-0.2, -0.15) is 0 Å². The van der Waals surface area contributed by atoms with Gasteiger partial charge in [-0.1, -0.05) is 15.9 Å². The molecule has 0 bridgehead atoms. The summed E-state index contributed by atoms with van der Waals surface area (Å²) in [4.78, 5) is 2.37. The second-order valence-corrected chi connectivity index (χ2v) is 7.89. The summed E-state index contributed by atoms with van der Waals surface area (Å²) in [5, 5.41) is 9.56. The quantitative estimate of drug-likeness (QED) is 0.900. The van der Waals surface area contributed by atoms with Gasteiger partial charge in [0.25, 0.3) is 0 Å². The number of aliphatic hydroxyl groups excluding tert-OH is 1. The Hall–Kier alpha value is -0.430. The molecule has 0 aliphatic carbocycles. The molecule has 1 aromatic rings. The molecule has 1 saturated heterocycles. The summed E-state index contributed by atoms with van der Waals surface area (Å²) in [6.45, 7) is 1.93. The minimum atomic E-state index is -3.24. The van der Waals surface area contributed by atoms with Gasteiger partial charge in [-0.3, -0.25) is 4.90 Å². The van der Waals surface area contributed by atoms with Gasteiger partial charge in [0, 0.05) is 17.6 Å². The lowest BCUT2D eigenvalue weighted by atomic mass is 10.1. The predicted octanol–water partition coefficient (Wildman–Crippen LogP) is 1.68. The number of aliphatic hydroxyl groups is 1. The van der Waals surface area contributed by atoms with E-state index in [0.717, 1.165) is 23.9 Å². The van der Waals surface area contributed by atoms with Crippen molar-refractivity contribution in [3.8, 4) is 0 Å². The molecule has 1 unspecified atom stereocenters. The third kappa shape index (κ3) is 4.27. The molecule has 106 valence electrons. The summed E-state index contributed by atoms with van der Waals surface area (Å²) >= 11 is 3.29. The Morgan fingerprint density at radius 2 is 2.00 bits per heavy atom. The van der Waals surface area contributed by atoms with Gasteiger partial charge in [0.05, 0.1) is 16.8 Å². The molecule has 1 heterocycles. The molecule has 1 N–H and O–H groups in total. The van der Waals surface area contributed by atoms with Crippen LogP contribution in [0.1, 0.15) is 12.8 Å². The van der Waals surface area contributed by atoms with Crippen LogP contribution in [0.4, 0.5) is 0 Å². The standard InChI is InChI=1S/C13H18BrNO3S/c14-11-3-5-13(6-4-11)19(17,18)9-8-15-7-1-2-12(16)10-15/h3-6,12,16H,1-2,7-10H2. The number of likely N-dealkylation sites (tertiary alicyclic amines) is 1. The lowest BCUT2D eigenvalue weighted by Gasteiger charge is -2.29. The van der Waals surface area contributed by atoms with Crippen LogP contribution in [0.15, 0.2) is 33.6 Å². The molecule has 1 aromatic carbocycles. The average Bonchev–Trinajstić information content (AvgIpc) is 2.37. The van der Waals surface area contributed by atoms with Gasteiger partial charge in [0.1, 0.15) is 0 Å². The first kappa shape index (κ1) is 15.0. The third-order valence-corrected chi connectivity index (χ3v) is 5.57. The molecule has 0 saturated carbocycles. The van der Waals surface area contributed by atoms with Crippen molar-refractivity contribution in [2.75, 3.05) is 25.4 Å². The zero-order valence-electron chi connectivity index (χ0n) is 10.6. The molecule has 1 fully saturated rings. The van der Waals surface area contributed by atoms with Crippen LogP contribution >= 0.6 is 15.9 Å². The van der Waals surface area contributed by atoms with Crippen LogP contribution in [-0.2, 0) is 9.84 Å². The van der Waals surface area contributed by atoms with E-state index >= 15 is 0 Å². The fourth-order valence-electron chi connectivity index (χ4n) is 2.24. The fraction of sp³-hybridized carbons (Fsp3) is 0.538. The van der Waals surface area contributed by atoms with Crippen LogP contribution in [0, 0.1) is 0 Å². The molecule has 0 spiro atoms. The van der Waals surface area contributed by atoms with E-state index in [9.17, 15) is 13.5 Å². The van der Waals surface area contributed by atoms with Gasteiger partial charge in [-0.05, 0) is 43.7 Å². The van der Waals surface area contributed by atoms with Crippen LogP contribution in [0.3, 0.4) is 0 Å². The van der Waals surface area contributed by atoms with Crippen molar-refractivity contribution in [3.05, 3.63) is 28.7 Å². The Kier molecular flexibility index (Phi) is 5.00. The highest BCUT2D eigenvalue weighted by atomic mass is 79.9. The van der Waals surface area contributed by atoms with Crippen LogP contribution in [0.5, 0.6) is 0 Å². The van der Waals surface area contributed by atoms with E-state index < -0.39 is 9.84 Å². The maximum absolute atomic E-state index is 12.2. The topological polar surface area (TPSA) is 57.6 Å². The monoisotopic (exact) mass is 347 g/mol. The minimum absolute atomic E-state index is 0.0986. The number of nitrogens with zero attached hydrogens (tertiary/aromatic N) is 1. The van der Waals surface area contributed by atoms with Crippen molar-refractivity contribution in [2.24, 2.45) is 0 Å². The van der Waals surface area contributed by atoms with E-state index in [4.69, 9.17) is 0 Å². The number of hydrogen-bond donors (Lipinski definition) is 1. The van der Waals surface area contributed by atoms with Crippen LogP contribution < -0.4 is 0 Å². The Bertz CT molecular complexity index is 515. The molecule has 2 rings (SSSR count). The second kappa shape index (κ2) is 6.35. The maximum Gasteiger partial charge on any atom is 0.179 e. The zero-order chi connectivity index (χ0) is 13.9. The van der Waals surface area contributed by atoms with Gasteiger partial charge in [-0.25, -0.2) is 8.42 Å². The van der Waals surface area contributed by atoms with E-state index in [-0.39, 0.29) is 11.9 Å². The van der Waals surface area contributed by atoms with E-state index in [1.807, 2.05) is 4.90 Å². The fourth-order valence-corrected chi connectivity index (χ4v) is 3.79. The van der Waals surface area contributed by atoms with E-state index in [2.05, 4.69) is 15.9 Å². The second-order valence-electron chi connectivity index (χ2n) is 4.87. The molecule has 4 nitrogen and oxygen atoms in total. The summed E-state index contributed by atoms with van der Waals surface area (Å²) in [7, 11) is -3.24. The summed E-state index contributed by atoms with van der Waals surface area (Å²) < 4.78 is 25.2. The first-order valence-electron chi connectivity index (χ1n) is 6.36. The predicted molar refractivity (Wildman–Crippen MR) is 77.9 cm³/mol. The van der Waals surface area contributed by atoms with Crippen molar-refractivity contribution >= 4 is 25.8 Å². The number of β-amino-alcohol motifs (C(OH)–C–C–N with tert-alkyl or cyclic N) is 1. The number of rotatable bonds is 4. The highest BCUT2D eigenvalue weighted by molar-refractivity contribution is 9.10. The Balaban J connectivity index is 1.96. The first-order chi connectivity index (χ1) is 8.97. The lowest BCUT2D eigenvalue weighted by molar-refractivity contribution is 0.0741. The van der Waals surface area contributed by atoms with Gasteiger partial charge in [0.15, 0.2) is 9.84 Å². The molecule has 1 aliphatic rings. The van der Waals surface area contributed by atoms with Crippen LogP contribution in [-0.4, -0.2) is 49.9 Å². The lowest BCUT2D eigenvalue weighted by Crippen LogP contribution is -2.40. The van der Waals surface area contributed by atoms with Crippen molar-refractivity contribution in [2.45, 2.75) is 23.8 Å². The average molecular weight is 348 g/mol. The largest absolute Gasteiger partial charge is 0.392 e. The minimum Gasteiger partial charge on any atom is -0.392 e. The summed E-state index contributed by atoms with van der Waals surface area (Å²) in [6.07, 6.45) is 1.43. The molecule has 19 heavy (non-hydrogen) atoms. The molecule has 6 heteroatoms. The van der Waals surface area contributed by atoms with Gasteiger partial charge in [0.2, 0.25) is 0 Å². The zero-order valence-corrected chi connectivity index (χ0v) is 13.0. The smallest absolute Gasteiger partial charge is 0.179 e. The van der Waals surface area contributed by atoms with E-state index in [1.165, 1.54) is 0 Å². The molecule has 0 aromatic heterocycles. The summed E-state index contributed by atoms with van der Waals surface area (Å²) in [5.74, 6) is 0.0986. The number of halogens is 1. The Morgan fingerprint density at radius 3 is 2.63 bits per heavy atom. The third-order valence-electron chi connectivity index (χ3n) is 3.33. The van der Waals surface area contributed by atoms with E-state index in [1.54, 1.807) is 24.3 Å². The molecule has 0 radical (unpaired) electrons. The highest BCUT2D eigenvalue weighted by Gasteiger charge is 2.20. The van der Waals surface area contributed by atoms with Crippen molar-refractivity contribution in [3.63, 3.8) is 0 Å². The highest BCUT2D eigenvalue weighted by Crippen LogP contribution is 2.17. The van der Waals surface area contributed by atoms with Crippen molar-refractivity contribution < 1.29 is 13.5 Å². The molecule has 1 aliphatic heterocycles. The normalized spacial score (nSPS) is 21.5. The molecular weight excluding hydrogens is 330 g/mol. The molecular formula is C13H18BrNO3S. The van der Waals surface area contributed by atoms with Gasteiger partial charge in [-0.15, -0.1) is 0 Å². The summed E-state index contributed by atoms with van der Waals surface area (Å²) in [6, 6.07) is 6.70. The Labute approximate surface area is 122 Å². The van der Waals surface area contributed by atoms with Crippen molar-refractivity contribution in [1.82, 2.24) is 4.90 Å². The van der Waals surface area contributed by atoms with E-state index in [0.29, 0.717) is 18.0 Å². The Morgan fingerprint density at radius 1 is 1.32 bits per heavy atom. The number of sulfone groups is 1. The number of benzene rings is 1. The number of piperidine rings is 1. The van der Waals surface area contributed by atoms with Gasteiger partial charge < -0.3 is 5.11 Å².